The summed E-state index contributed by atoms with van der Waals surface area (Å²) in [5.74, 6) is 0. The van der Waals surface area contributed by atoms with Gasteiger partial charge in [0.05, 0.1) is 17.9 Å². The fourth-order valence-corrected chi connectivity index (χ4v) is 2.33. The summed E-state index contributed by atoms with van der Waals surface area (Å²) in [4.78, 5) is 6.72. The first kappa shape index (κ1) is 12.3. The van der Waals surface area contributed by atoms with Crippen LogP contribution in [0.5, 0.6) is 0 Å². The molecule has 1 aromatic heterocycles. The van der Waals surface area contributed by atoms with Gasteiger partial charge in [0.15, 0.2) is 0 Å². The third-order valence-electron chi connectivity index (χ3n) is 2.94. The summed E-state index contributed by atoms with van der Waals surface area (Å²) in [5.41, 5.74) is 2.32. The lowest BCUT2D eigenvalue weighted by Crippen LogP contribution is -2.45. The standard InChI is InChI=1S/C13H21N3O/c1-10-8-16(9-11(2)17-10)13-4-5-15-12(6-13)7-14-3/h4-6,10-11,14H,7-9H2,1-3H3. The van der Waals surface area contributed by atoms with Gasteiger partial charge < -0.3 is 15.0 Å². The molecule has 1 fully saturated rings. The molecule has 4 heteroatoms. The highest BCUT2D eigenvalue weighted by molar-refractivity contribution is 5.47. The number of rotatable bonds is 3. The molecule has 4 nitrogen and oxygen atoms in total. The average molecular weight is 235 g/mol. The predicted octanol–water partition coefficient (Wildman–Crippen LogP) is 1.41. The highest BCUT2D eigenvalue weighted by Gasteiger charge is 2.22. The number of aromatic nitrogens is 1. The van der Waals surface area contributed by atoms with E-state index < -0.39 is 0 Å². The minimum atomic E-state index is 0.291. The monoisotopic (exact) mass is 235 g/mol. The van der Waals surface area contributed by atoms with E-state index in [4.69, 9.17) is 4.74 Å². The Labute approximate surface area is 103 Å². The van der Waals surface area contributed by atoms with E-state index in [2.05, 4.69) is 41.2 Å². The van der Waals surface area contributed by atoms with Crippen LogP contribution in [-0.4, -0.2) is 37.3 Å². The molecule has 17 heavy (non-hydrogen) atoms. The van der Waals surface area contributed by atoms with Gasteiger partial charge in [-0.15, -0.1) is 0 Å². The normalized spacial score (nSPS) is 25.0. The summed E-state index contributed by atoms with van der Waals surface area (Å²) >= 11 is 0. The zero-order chi connectivity index (χ0) is 12.3. The molecule has 1 aliphatic rings. The van der Waals surface area contributed by atoms with E-state index in [1.54, 1.807) is 0 Å². The zero-order valence-electron chi connectivity index (χ0n) is 10.8. The van der Waals surface area contributed by atoms with E-state index in [0.29, 0.717) is 12.2 Å². The van der Waals surface area contributed by atoms with E-state index in [-0.39, 0.29) is 0 Å². The number of anilines is 1. The quantitative estimate of drug-likeness (QED) is 0.859. The average Bonchev–Trinajstić information content (AvgIpc) is 2.28. The van der Waals surface area contributed by atoms with Crippen molar-refractivity contribution in [1.29, 1.82) is 0 Å². The largest absolute Gasteiger partial charge is 0.372 e. The Morgan fingerprint density at radius 1 is 1.41 bits per heavy atom. The van der Waals surface area contributed by atoms with E-state index in [1.807, 2.05) is 13.2 Å². The number of nitrogens with zero attached hydrogens (tertiary/aromatic N) is 2. The molecule has 2 rings (SSSR count). The molecule has 0 amide bonds. The Kier molecular flexibility index (Phi) is 3.97. The summed E-state index contributed by atoms with van der Waals surface area (Å²) in [6.07, 6.45) is 2.46. The van der Waals surface area contributed by atoms with Crippen LogP contribution in [0.4, 0.5) is 5.69 Å². The van der Waals surface area contributed by atoms with Gasteiger partial charge in [0, 0.05) is 31.5 Å². The molecule has 0 bridgehead atoms. The van der Waals surface area contributed by atoms with E-state index >= 15 is 0 Å². The first-order chi connectivity index (χ1) is 8.19. The lowest BCUT2D eigenvalue weighted by molar-refractivity contribution is -0.00522. The van der Waals surface area contributed by atoms with Crippen LogP contribution in [0, 0.1) is 0 Å². The minimum Gasteiger partial charge on any atom is -0.372 e. The van der Waals surface area contributed by atoms with Crippen LogP contribution in [0.1, 0.15) is 19.5 Å². The second-order valence-corrected chi connectivity index (χ2v) is 4.70. The number of pyridine rings is 1. The third-order valence-corrected chi connectivity index (χ3v) is 2.94. The van der Waals surface area contributed by atoms with Gasteiger partial charge in [-0.25, -0.2) is 0 Å². The van der Waals surface area contributed by atoms with E-state index in [0.717, 1.165) is 25.3 Å². The van der Waals surface area contributed by atoms with Crippen molar-refractivity contribution >= 4 is 5.69 Å². The van der Waals surface area contributed by atoms with Crippen LogP contribution in [0.2, 0.25) is 0 Å². The number of morpholine rings is 1. The molecular weight excluding hydrogens is 214 g/mol. The van der Waals surface area contributed by atoms with Crippen LogP contribution in [-0.2, 0) is 11.3 Å². The summed E-state index contributed by atoms with van der Waals surface area (Å²) in [7, 11) is 1.94. The van der Waals surface area contributed by atoms with Crippen molar-refractivity contribution in [1.82, 2.24) is 10.3 Å². The van der Waals surface area contributed by atoms with Crippen LogP contribution in [0.25, 0.3) is 0 Å². The molecule has 0 aromatic carbocycles. The van der Waals surface area contributed by atoms with Crippen molar-refractivity contribution in [2.24, 2.45) is 0 Å². The van der Waals surface area contributed by atoms with Crippen molar-refractivity contribution in [2.45, 2.75) is 32.6 Å². The molecular formula is C13H21N3O. The molecule has 1 saturated heterocycles. The van der Waals surface area contributed by atoms with Gasteiger partial charge in [-0.1, -0.05) is 0 Å². The summed E-state index contributed by atoms with van der Waals surface area (Å²) in [5, 5.41) is 3.13. The highest BCUT2D eigenvalue weighted by Crippen LogP contribution is 2.20. The first-order valence-corrected chi connectivity index (χ1v) is 6.19. The Hall–Kier alpha value is -1.13. The fourth-order valence-electron chi connectivity index (χ4n) is 2.33. The van der Waals surface area contributed by atoms with Crippen molar-refractivity contribution in [2.75, 3.05) is 25.0 Å². The Bertz CT molecular complexity index is 359. The third kappa shape index (κ3) is 3.17. The van der Waals surface area contributed by atoms with Gasteiger partial charge >= 0.3 is 0 Å². The molecule has 94 valence electrons. The fraction of sp³-hybridized carbons (Fsp3) is 0.615. The maximum absolute atomic E-state index is 5.75. The summed E-state index contributed by atoms with van der Waals surface area (Å²) < 4.78 is 5.75. The van der Waals surface area contributed by atoms with Crippen molar-refractivity contribution < 1.29 is 4.74 Å². The Balaban J connectivity index is 2.12. The van der Waals surface area contributed by atoms with E-state index in [9.17, 15) is 0 Å². The van der Waals surface area contributed by atoms with Gasteiger partial charge in [0.2, 0.25) is 0 Å². The molecule has 2 atom stereocenters. The number of ether oxygens (including phenoxy) is 1. The molecule has 0 aliphatic carbocycles. The molecule has 1 N–H and O–H groups in total. The van der Waals surface area contributed by atoms with E-state index in [1.165, 1.54) is 5.69 Å². The smallest absolute Gasteiger partial charge is 0.0726 e. The van der Waals surface area contributed by atoms with Crippen molar-refractivity contribution in [3.63, 3.8) is 0 Å². The summed E-state index contributed by atoms with van der Waals surface area (Å²) in [6.45, 7) is 6.96. The van der Waals surface area contributed by atoms with Crippen LogP contribution in [0.3, 0.4) is 0 Å². The highest BCUT2D eigenvalue weighted by atomic mass is 16.5. The molecule has 0 spiro atoms. The SMILES string of the molecule is CNCc1cc(N2CC(C)OC(C)C2)ccn1. The Morgan fingerprint density at radius 2 is 2.12 bits per heavy atom. The van der Waals surface area contributed by atoms with Gasteiger partial charge in [0.1, 0.15) is 0 Å². The second-order valence-electron chi connectivity index (χ2n) is 4.70. The van der Waals surface area contributed by atoms with Crippen LogP contribution < -0.4 is 10.2 Å². The maximum Gasteiger partial charge on any atom is 0.0726 e. The first-order valence-electron chi connectivity index (χ1n) is 6.19. The molecule has 1 aliphatic heterocycles. The molecule has 2 unspecified atom stereocenters. The minimum absolute atomic E-state index is 0.291. The number of hydrogen-bond acceptors (Lipinski definition) is 4. The van der Waals surface area contributed by atoms with Gasteiger partial charge in [0.25, 0.3) is 0 Å². The number of nitrogens with one attached hydrogen (secondary N) is 1. The van der Waals surface area contributed by atoms with Crippen molar-refractivity contribution in [3.8, 4) is 0 Å². The molecule has 0 saturated carbocycles. The zero-order valence-corrected chi connectivity index (χ0v) is 10.8. The lowest BCUT2D eigenvalue weighted by Gasteiger charge is -2.36. The summed E-state index contributed by atoms with van der Waals surface area (Å²) in [6, 6.07) is 4.23. The molecule has 2 heterocycles. The second kappa shape index (κ2) is 5.47. The van der Waals surface area contributed by atoms with Gasteiger partial charge in [-0.05, 0) is 33.0 Å². The van der Waals surface area contributed by atoms with Crippen LogP contribution >= 0.6 is 0 Å². The maximum atomic E-state index is 5.75. The van der Waals surface area contributed by atoms with Gasteiger partial charge in [-0.2, -0.15) is 0 Å². The lowest BCUT2D eigenvalue weighted by atomic mass is 10.2. The Morgan fingerprint density at radius 3 is 2.76 bits per heavy atom. The van der Waals surface area contributed by atoms with Crippen molar-refractivity contribution in [3.05, 3.63) is 24.0 Å². The topological polar surface area (TPSA) is 37.4 Å². The van der Waals surface area contributed by atoms with Gasteiger partial charge in [-0.3, -0.25) is 4.98 Å². The molecule has 1 aromatic rings. The predicted molar refractivity (Wildman–Crippen MR) is 69.2 cm³/mol. The molecule has 0 radical (unpaired) electrons. The number of hydrogen-bond donors (Lipinski definition) is 1. The van der Waals surface area contributed by atoms with Crippen LogP contribution in [0.15, 0.2) is 18.3 Å².